The molecule has 4 heteroatoms. The molecule has 3 nitrogen and oxygen atoms in total. The van der Waals surface area contributed by atoms with Gasteiger partial charge in [-0.25, -0.2) is 0 Å². The Morgan fingerprint density at radius 2 is 2.28 bits per heavy atom. The van der Waals surface area contributed by atoms with E-state index < -0.39 is 0 Å². The van der Waals surface area contributed by atoms with Crippen molar-refractivity contribution in [2.75, 3.05) is 0 Å². The monoisotopic (exact) mass is 263 g/mol. The first-order valence-corrected chi connectivity index (χ1v) is 7.37. The van der Waals surface area contributed by atoms with Gasteiger partial charge in [-0.2, -0.15) is 5.10 Å². The van der Waals surface area contributed by atoms with Crippen molar-refractivity contribution in [1.29, 1.82) is 0 Å². The summed E-state index contributed by atoms with van der Waals surface area (Å²) in [5.74, 6) is 0. The number of hydrogen-bond acceptors (Lipinski definition) is 3. The largest absolute Gasteiger partial charge is 0.307 e. The Labute approximate surface area is 113 Å². The molecule has 0 amide bonds. The van der Waals surface area contributed by atoms with Crippen molar-refractivity contribution in [2.24, 2.45) is 0 Å². The normalized spacial score (nSPS) is 14.6. The zero-order chi connectivity index (χ0) is 13.0. The number of rotatable bonds is 6. The van der Waals surface area contributed by atoms with Gasteiger partial charge in [0.2, 0.25) is 0 Å². The van der Waals surface area contributed by atoms with Crippen LogP contribution in [0.3, 0.4) is 0 Å². The smallest absolute Gasteiger partial charge is 0.0537 e. The van der Waals surface area contributed by atoms with Gasteiger partial charge in [0, 0.05) is 35.3 Å². The Balaban J connectivity index is 1.88. The van der Waals surface area contributed by atoms with Gasteiger partial charge < -0.3 is 5.32 Å². The predicted octanol–water partition coefficient (Wildman–Crippen LogP) is 3.25. The van der Waals surface area contributed by atoms with Crippen molar-refractivity contribution >= 4 is 11.3 Å². The second-order valence-corrected chi connectivity index (χ2v) is 5.73. The number of nitrogens with one attached hydrogen (secondary N) is 1. The van der Waals surface area contributed by atoms with Crippen molar-refractivity contribution in [3.63, 3.8) is 0 Å². The Kier molecular flexibility index (Phi) is 4.55. The predicted molar refractivity (Wildman–Crippen MR) is 76.9 cm³/mol. The molecule has 0 aromatic carbocycles. The van der Waals surface area contributed by atoms with Crippen LogP contribution in [0.15, 0.2) is 29.9 Å². The maximum absolute atomic E-state index is 4.32. The van der Waals surface area contributed by atoms with E-state index in [1.165, 1.54) is 10.4 Å². The van der Waals surface area contributed by atoms with Gasteiger partial charge in [-0.1, -0.05) is 6.07 Å². The minimum absolute atomic E-state index is 0.347. The highest BCUT2D eigenvalue weighted by Crippen LogP contribution is 2.15. The molecule has 0 aliphatic carbocycles. The molecule has 0 bridgehead atoms. The summed E-state index contributed by atoms with van der Waals surface area (Å²) >= 11 is 1.83. The summed E-state index contributed by atoms with van der Waals surface area (Å²) in [5.41, 5.74) is 1.26. The van der Waals surface area contributed by atoms with Crippen molar-refractivity contribution in [3.8, 4) is 0 Å². The van der Waals surface area contributed by atoms with Gasteiger partial charge in [0.1, 0.15) is 0 Å². The number of nitrogens with zero attached hydrogens (tertiary/aromatic N) is 2. The van der Waals surface area contributed by atoms with E-state index in [0.29, 0.717) is 12.1 Å². The fourth-order valence-electron chi connectivity index (χ4n) is 2.09. The van der Waals surface area contributed by atoms with Gasteiger partial charge >= 0.3 is 0 Å². The number of aromatic nitrogens is 2. The van der Waals surface area contributed by atoms with Crippen molar-refractivity contribution in [1.82, 2.24) is 15.1 Å². The first-order valence-electron chi connectivity index (χ1n) is 6.49. The van der Waals surface area contributed by atoms with Crippen LogP contribution in [-0.2, 0) is 13.0 Å². The summed E-state index contributed by atoms with van der Waals surface area (Å²) in [6, 6.07) is 5.13. The van der Waals surface area contributed by atoms with E-state index in [-0.39, 0.29) is 0 Å². The molecule has 0 saturated heterocycles. The third-order valence-corrected chi connectivity index (χ3v) is 4.00. The standard InChI is InChI=1S/C14H21N3S/c1-4-17-10-13(9-15-17)12(3)16-11(2)8-14-6-5-7-18-14/h5-7,9-12,16H,4,8H2,1-3H3. The topological polar surface area (TPSA) is 29.9 Å². The highest BCUT2D eigenvalue weighted by molar-refractivity contribution is 7.09. The van der Waals surface area contributed by atoms with Crippen LogP contribution in [0.25, 0.3) is 0 Å². The number of thiophene rings is 1. The van der Waals surface area contributed by atoms with Crippen LogP contribution in [0.4, 0.5) is 0 Å². The van der Waals surface area contributed by atoms with Crippen molar-refractivity contribution in [2.45, 2.75) is 45.8 Å². The van der Waals surface area contributed by atoms with Gasteiger partial charge in [0.15, 0.2) is 0 Å². The molecule has 2 atom stereocenters. The lowest BCUT2D eigenvalue weighted by molar-refractivity contribution is 0.478. The van der Waals surface area contributed by atoms with Crippen molar-refractivity contribution in [3.05, 3.63) is 40.3 Å². The Bertz CT molecular complexity index is 461. The molecular formula is C14H21N3S. The van der Waals surface area contributed by atoms with E-state index in [4.69, 9.17) is 0 Å². The molecule has 18 heavy (non-hydrogen) atoms. The highest BCUT2D eigenvalue weighted by Gasteiger charge is 2.11. The number of aryl methyl sites for hydroxylation is 1. The summed E-state index contributed by atoms with van der Waals surface area (Å²) in [4.78, 5) is 1.44. The van der Waals surface area contributed by atoms with Crippen LogP contribution >= 0.6 is 11.3 Å². The molecule has 0 saturated carbocycles. The van der Waals surface area contributed by atoms with E-state index in [1.807, 2.05) is 22.2 Å². The Hall–Kier alpha value is -1.13. The Morgan fingerprint density at radius 3 is 2.89 bits per heavy atom. The SMILES string of the molecule is CCn1cc(C(C)NC(C)Cc2cccs2)cn1. The molecule has 0 aliphatic rings. The van der Waals surface area contributed by atoms with Gasteiger partial charge in [-0.05, 0) is 38.6 Å². The molecule has 2 aromatic heterocycles. The zero-order valence-corrected chi connectivity index (χ0v) is 12.1. The molecule has 0 radical (unpaired) electrons. The van der Waals surface area contributed by atoms with Crippen LogP contribution in [0.1, 0.15) is 37.3 Å². The van der Waals surface area contributed by atoms with Gasteiger partial charge in [0.05, 0.1) is 6.20 Å². The van der Waals surface area contributed by atoms with Crippen molar-refractivity contribution < 1.29 is 0 Å². The maximum Gasteiger partial charge on any atom is 0.0537 e. The molecule has 1 N–H and O–H groups in total. The summed E-state index contributed by atoms with van der Waals surface area (Å²) in [6.45, 7) is 7.47. The summed E-state index contributed by atoms with van der Waals surface area (Å²) in [5, 5.41) is 10.1. The van der Waals surface area contributed by atoms with Gasteiger partial charge in [-0.3, -0.25) is 4.68 Å². The van der Waals surface area contributed by atoms with Crippen LogP contribution in [0, 0.1) is 0 Å². The van der Waals surface area contributed by atoms with E-state index in [1.54, 1.807) is 0 Å². The van der Waals surface area contributed by atoms with E-state index >= 15 is 0 Å². The van der Waals surface area contributed by atoms with Crippen LogP contribution in [0.5, 0.6) is 0 Å². The third-order valence-electron chi connectivity index (χ3n) is 3.10. The molecular weight excluding hydrogens is 242 g/mol. The molecule has 0 spiro atoms. The van der Waals surface area contributed by atoms with Crippen LogP contribution in [-0.4, -0.2) is 15.8 Å². The van der Waals surface area contributed by atoms with Crippen LogP contribution in [0.2, 0.25) is 0 Å². The highest BCUT2D eigenvalue weighted by atomic mass is 32.1. The minimum Gasteiger partial charge on any atom is -0.307 e. The maximum atomic E-state index is 4.32. The van der Waals surface area contributed by atoms with E-state index in [9.17, 15) is 0 Å². The first kappa shape index (κ1) is 13.3. The molecule has 0 aliphatic heterocycles. The lowest BCUT2D eigenvalue weighted by atomic mass is 10.1. The quantitative estimate of drug-likeness (QED) is 0.867. The second kappa shape index (κ2) is 6.16. The summed E-state index contributed by atoms with van der Waals surface area (Å²) < 4.78 is 1.97. The molecule has 0 fully saturated rings. The Morgan fingerprint density at radius 1 is 1.44 bits per heavy atom. The lowest BCUT2D eigenvalue weighted by Crippen LogP contribution is -2.30. The zero-order valence-electron chi connectivity index (χ0n) is 11.3. The lowest BCUT2D eigenvalue weighted by Gasteiger charge is -2.18. The fraction of sp³-hybridized carbons (Fsp3) is 0.500. The third kappa shape index (κ3) is 3.43. The fourth-order valence-corrected chi connectivity index (χ4v) is 2.92. The average molecular weight is 263 g/mol. The second-order valence-electron chi connectivity index (χ2n) is 4.70. The molecule has 2 aromatic rings. The number of hydrogen-bond donors (Lipinski definition) is 1. The van der Waals surface area contributed by atoms with Crippen LogP contribution < -0.4 is 5.32 Å². The summed E-state index contributed by atoms with van der Waals surface area (Å²) in [6.07, 6.45) is 5.17. The van der Waals surface area contributed by atoms with Gasteiger partial charge in [0.25, 0.3) is 0 Å². The van der Waals surface area contributed by atoms with E-state index in [0.717, 1.165) is 13.0 Å². The van der Waals surface area contributed by atoms with Gasteiger partial charge in [-0.15, -0.1) is 11.3 Å². The average Bonchev–Trinajstić information content (AvgIpc) is 2.98. The minimum atomic E-state index is 0.347. The molecule has 2 heterocycles. The first-order chi connectivity index (χ1) is 8.69. The molecule has 2 unspecified atom stereocenters. The van der Waals surface area contributed by atoms with E-state index in [2.05, 4.69) is 54.9 Å². The molecule has 2 rings (SSSR count). The summed E-state index contributed by atoms with van der Waals surface area (Å²) in [7, 11) is 0. The molecule has 98 valence electrons.